The van der Waals surface area contributed by atoms with Crippen molar-refractivity contribution in [1.82, 2.24) is 4.90 Å². The van der Waals surface area contributed by atoms with Gasteiger partial charge in [-0.15, -0.1) is 0 Å². The lowest BCUT2D eigenvalue weighted by Crippen LogP contribution is -2.49. The molecule has 0 unspecified atom stereocenters. The van der Waals surface area contributed by atoms with Gasteiger partial charge in [0.25, 0.3) is 0 Å². The van der Waals surface area contributed by atoms with Crippen molar-refractivity contribution in [3.8, 4) is 0 Å². The van der Waals surface area contributed by atoms with E-state index in [0.717, 1.165) is 23.2 Å². The number of aryl methyl sites for hydroxylation is 1. The van der Waals surface area contributed by atoms with Crippen LogP contribution in [0.2, 0.25) is 0 Å². The van der Waals surface area contributed by atoms with Crippen molar-refractivity contribution in [1.29, 1.82) is 0 Å². The predicted octanol–water partition coefficient (Wildman–Crippen LogP) is 3.51. The number of carbonyl (C=O) groups excluding carboxylic acids is 2. The number of hydrogen-bond acceptors (Lipinski definition) is 3. The van der Waals surface area contributed by atoms with Gasteiger partial charge < -0.3 is 14.5 Å². The van der Waals surface area contributed by atoms with Crippen molar-refractivity contribution in [2.45, 2.75) is 32.2 Å². The van der Waals surface area contributed by atoms with Gasteiger partial charge in [0.2, 0.25) is 11.8 Å². The summed E-state index contributed by atoms with van der Waals surface area (Å²) < 4.78 is 5.25. The van der Waals surface area contributed by atoms with E-state index in [4.69, 9.17) is 4.74 Å². The number of ether oxygens (including phenoxy) is 1. The summed E-state index contributed by atoms with van der Waals surface area (Å²) in [5.74, 6) is -0.0349. The first-order chi connectivity index (χ1) is 14.1. The zero-order valence-electron chi connectivity index (χ0n) is 17.1. The maximum Gasteiger partial charge on any atom is 0.232 e. The minimum atomic E-state index is -0.257. The first kappa shape index (κ1) is 19.6. The van der Waals surface area contributed by atoms with Gasteiger partial charge in [-0.1, -0.05) is 48.0 Å². The van der Waals surface area contributed by atoms with Crippen LogP contribution in [0.3, 0.4) is 0 Å². The van der Waals surface area contributed by atoms with E-state index in [1.807, 2.05) is 34.9 Å². The van der Waals surface area contributed by atoms with Gasteiger partial charge in [-0.3, -0.25) is 9.59 Å². The largest absolute Gasteiger partial charge is 0.383 e. The second-order valence-electron chi connectivity index (χ2n) is 7.95. The van der Waals surface area contributed by atoms with E-state index in [1.165, 1.54) is 5.56 Å². The number of amides is 2. The van der Waals surface area contributed by atoms with Crippen LogP contribution >= 0.6 is 0 Å². The van der Waals surface area contributed by atoms with Gasteiger partial charge in [0.05, 0.1) is 18.6 Å². The molecule has 2 atom stereocenters. The third-order valence-corrected chi connectivity index (χ3v) is 6.13. The minimum absolute atomic E-state index is 0.0958. The number of nitrogens with zero attached hydrogens (tertiary/aromatic N) is 2. The van der Waals surface area contributed by atoms with Crippen molar-refractivity contribution in [2.75, 3.05) is 31.7 Å². The summed E-state index contributed by atoms with van der Waals surface area (Å²) in [4.78, 5) is 30.3. The fourth-order valence-corrected chi connectivity index (χ4v) is 4.61. The lowest BCUT2D eigenvalue weighted by atomic mass is 9.83. The highest BCUT2D eigenvalue weighted by atomic mass is 16.5. The minimum Gasteiger partial charge on any atom is -0.383 e. The third-order valence-electron chi connectivity index (χ3n) is 6.13. The molecule has 0 N–H and O–H groups in total. The van der Waals surface area contributed by atoms with Crippen molar-refractivity contribution in [2.24, 2.45) is 5.92 Å². The molecule has 0 bridgehead atoms. The van der Waals surface area contributed by atoms with Crippen LogP contribution in [0.5, 0.6) is 0 Å². The summed E-state index contributed by atoms with van der Waals surface area (Å²) >= 11 is 0. The molecule has 29 heavy (non-hydrogen) atoms. The van der Waals surface area contributed by atoms with Gasteiger partial charge in [0.15, 0.2) is 0 Å². The van der Waals surface area contributed by atoms with Gasteiger partial charge in [-0.25, -0.2) is 0 Å². The highest BCUT2D eigenvalue weighted by Gasteiger charge is 2.43. The number of piperidine rings is 1. The average Bonchev–Trinajstić information content (AvgIpc) is 3.17. The first-order valence-corrected chi connectivity index (χ1v) is 10.3. The van der Waals surface area contributed by atoms with Crippen LogP contribution in [-0.2, 0) is 20.7 Å². The molecule has 4 rings (SSSR count). The SMILES string of the molecule is COCCN1C(=O)CC[C@@H](C(=O)N2CCc3ccccc32)[C@H]1c1ccc(C)cc1. The maximum atomic E-state index is 13.7. The number of carbonyl (C=O) groups is 2. The van der Waals surface area contributed by atoms with Gasteiger partial charge >= 0.3 is 0 Å². The Morgan fingerprint density at radius 2 is 1.86 bits per heavy atom. The number of fused-ring (bicyclic) bond motifs is 1. The van der Waals surface area contributed by atoms with E-state index in [-0.39, 0.29) is 23.8 Å². The molecule has 0 saturated carbocycles. The molecular formula is C24H28N2O3. The highest BCUT2D eigenvalue weighted by molar-refractivity contribution is 5.98. The molecule has 1 saturated heterocycles. The molecule has 0 aliphatic carbocycles. The van der Waals surface area contributed by atoms with Gasteiger partial charge in [0.1, 0.15) is 0 Å². The lowest BCUT2D eigenvalue weighted by molar-refractivity contribution is -0.143. The summed E-state index contributed by atoms with van der Waals surface area (Å²) in [6, 6.07) is 16.1. The van der Waals surface area contributed by atoms with E-state index >= 15 is 0 Å². The van der Waals surface area contributed by atoms with Crippen LogP contribution in [0.1, 0.15) is 35.6 Å². The Labute approximate surface area is 172 Å². The molecule has 0 aromatic heterocycles. The Morgan fingerprint density at radius 3 is 2.62 bits per heavy atom. The number of rotatable bonds is 5. The quantitative estimate of drug-likeness (QED) is 0.782. The zero-order valence-corrected chi connectivity index (χ0v) is 17.1. The number of anilines is 1. The molecule has 2 aromatic rings. The van der Waals surface area contributed by atoms with Crippen LogP contribution in [0.4, 0.5) is 5.69 Å². The van der Waals surface area contributed by atoms with Crippen molar-refractivity contribution in [3.63, 3.8) is 0 Å². The molecule has 2 amide bonds. The van der Waals surface area contributed by atoms with Gasteiger partial charge in [0, 0.05) is 32.3 Å². The number of methoxy groups -OCH3 is 1. The fourth-order valence-electron chi connectivity index (χ4n) is 4.61. The van der Waals surface area contributed by atoms with E-state index in [2.05, 4.69) is 30.3 Å². The molecule has 5 heteroatoms. The predicted molar refractivity (Wildman–Crippen MR) is 113 cm³/mol. The van der Waals surface area contributed by atoms with Crippen molar-refractivity contribution < 1.29 is 14.3 Å². The Bertz CT molecular complexity index is 893. The van der Waals surface area contributed by atoms with Crippen LogP contribution in [0.25, 0.3) is 0 Å². The number of likely N-dealkylation sites (tertiary alicyclic amines) is 1. The highest BCUT2D eigenvalue weighted by Crippen LogP contribution is 2.40. The van der Waals surface area contributed by atoms with E-state index < -0.39 is 0 Å². The zero-order chi connectivity index (χ0) is 20.4. The molecule has 1 fully saturated rings. The monoisotopic (exact) mass is 392 g/mol. The van der Waals surface area contributed by atoms with Crippen LogP contribution < -0.4 is 4.90 Å². The van der Waals surface area contributed by atoms with Crippen LogP contribution in [-0.4, -0.2) is 43.5 Å². The molecule has 0 radical (unpaired) electrons. The van der Waals surface area contributed by atoms with Crippen molar-refractivity contribution in [3.05, 3.63) is 65.2 Å². The van der Waals surface area contributed by atoms with E-state index in [9.17, 15) is 9.59 Å². The molecule has 2 heterocycles. The Balaban J connectivity index is 1.69. The number of para-hydroxylation sites is 1. The summed E-state index contributed by atoms with van der Waals surface area (Å²) in [6.07, 6.45) is 1.87. The normalized spacial score (nSPS) is 21.4. The molecule has 2 aliphatic rings. The maximum absolute atomic E-state index is 13.7. The molecule has 5 nitrogen and oxygen atoms in total. The first-order valence-electron chi connectivity index (χ1n) is 10.3. The smallest absolute Gasteiger partial charge is 0.232 e. The summed E-state index contributed by atoms with van der Waals surface area (Å²) in [6.45, 7) is 3.71. The molecule has 0 spiro atoms. The number of benzene rings is 2. The Kier molecular flexibility index (Phi) is 5.67. The Hall–Kier alpha value is -2.66. The fraction of sp³-hybridized carbons (Fsp3) is 0.417. The number of hydrogen-bond donors (Lipinski definition) is 0. The second-order valence-corrected chi connectivity index (χ2v) is 7.95. The van der Waals surface area contributed by atoms with Crippen LogP contribution in [0.15, 0.2) is 48.5 Å². The average molecular weight is 392 g/mol. The molecule has 2 aromatic carbocycles. The topological polar surface area (TPSA) is 49.9 Å². The van der Waals surface area contributed by atoms with E-state index in [0.29, 0.717) is 32.5 Å². The second kappa shape index (κ2) is 8.37. The van der Waals surface area contributed by atoms with E-state index in [1.54, 1.807) is 7.11 Å². The summed E-state index contributed by atoms with van der Waals surface area (Å²) in [7, 11) is 1.64. The summed E-state index contributed by atoms with van der Waals surface area (Å²) in [5, 5.41) is 0. The lowest BCUT2D eigenvalue weighted by Gasteiger charge is -2.42. The molecular weight excluding hydrogens is 364 g/mol. The molecule has 2 aliphatic heterocycles. The summed E-state index contributed by atoms with van der Waals surface area (Å²) in [5.41, 5.74) is 4.41. The molecule has 152 valence electrons. The van der Waals surface area contributed by atoms with Crippen molar-refractivity contribution >= 4 is 17.5 Å². The Morgan fingerprint density at radius 1 is 1.10 bits per heavy atom. The standard InChI is InChI=1S/C24H28N2O3/c1-17-7-9-19(10-8-17)23-20(11-12-22(27)26(23)15-16-29-2)24(28)25-14-13-18-5-3-4-6-21(18)25/h3-10,20,23H,11-16H2,1-2H3/t20-,23-/m1/s1. The van der Waals surface area contributed by atoms with Gasteiger partial charge in [-0.05, 0) is 37.0 Å². The third kappa shape index (κ3) is 3.79. The van der Waals surface area contributed by atoms with Crippen LogP contribution in [0, 0.1) is 12.8 Å². The van der Waals surface area contributed by atoms with Gasteiger partial charge in [-0.2, -0.15) is 0 Å².